The first-order valence-electron chi connectivity index (χ1n) is 6.77. The maximum atomic E-state index is 5.53. The van der Waals surface area contributed by atoms with Gasteiger partial charge in [0, 0.05) is 20.2 Å². The molecule has 20 heavy (non-hydrogen) atoms. The molecule has 1 aromatic rings. The van der Waals surface area contributed by atoms with E-state index < -0.39 is 0 Å². The van der Waals surface area contributed by atoms with E-state index in [0.29, 0.717) is 19.1 Å². The topological polar surface area (TPSA) is 58.8 Å². The Labute approximate surface area is 138 Å². The highest BCUT2D eigenvalue weighted by Crippen LogP contribution is 1.99. The minimum Gasteiger partial charge on any atom is -0.467 e. The van der Waals surface area contributed by atoms with Gasteiger partial charge in [-0.2, -0.15) is 0 Å². The maximum absolute atomic E-state index is 5.53. The summed E-state index contributed by atoms with van der Waals surface area (Å²) in [6, 6.07) is 3.80. The van der Waals surface area contributed by atoms with Crippen LogP contribution in [0.25, 0.3) is 0 Å². The van der Waals surface area contributed by atoms with Gasteiger partial charge in [0.15, 0.2) is 5.96 Å². The predicted octanol–water partition coefficient (Wildman–Crippen LogP) is 2.63. The number of guanidine groups is 1. The third-order valence-electron chi connectivity index (χ3n) is 2.61. The molecular weight excluding hydrogens is 369 g/mol. The van der Waals surface area contributed by atoms with Crippen molar-refractivity contribution in [1.82, 2.24) is 10.6 Å². The third-order valence-corrected chi connectivity index (χ3v) is 2.61. The quantitative estimate of drug-likeness (QED) is 0.308. The lowest BCUT2D eigenvalue weighted by Gasteiger charge is -2.11. The highest BCUT2D eigenvalue weighted by Gasteiger charge is 1.99. The van der Waals surface area contributed by atoms with E-state index in [2.05, 4.69) is 29.5 Å². The van der Waals surface area contributed by atoms with E-state index >= 15 is 0 Å². The zero-order valence-corrected chi connectivity index (χ0v) is 14.8. The molecule has 116 valence electrons. The van der Waals surface area contributed by atoms with Crippen LogP contribution in [0.5, 0.6) is 0 Å². The summed E-state index contributed by atoms with van der Waals surface area (Å²) in [5.74, 6) is 2.33. The van der Waals surface area contributed by atoms with Crippen LogP contribution in [-0.2, 0) is 11.3 Å². The Morgan fingerprint density at radius 3 is 2.75 bits per heavy atom. The second kappa shape index (κ2) is 12.0. The number of hydrogen-bond acceptors (Lipinski definition) is 3. The van der Waals surface area contributed by atoms with Gasteiger partial charge in [-0.15, -0.1) is 24.0 Å². The molecular formula is C14H26IN3O2. The van der Waals surface area contributed by atoms with Gasteiger partial charge in [0.25, 0.3) is 0 Å². The van der Waals surface area contributed by atoms with Crippen LogP contribution in [0.4, 0.5) is 0 Å². The predicted molar refractivity (Wildman–Crippen MR) is 92.6 cm³/mol. The first-order chi connectivity index (χ1) is 9.22. The molecule has 0 bridgehead atoms. The Morgan fingerprint density at radius 2 is 2.15 bits per heavy atom. The SMILES string of the molecule is CN=C(NCCOCCC(C)C)NCc1ccco1.I. The van der Waals surface area contributed by atoms with Crippen LogP contribution in [0, 0.1) is 5.92 Å². The third kappa shape index (κ3) is 9.19. The summed E-state index contributed by atoms with van der Waals surface area (Å²) in [7, 11) is 1.75. The fourth-order valence-corrected chi connectivity index (χ4v) is 1.47. The molecule has 1 heterocycles. The van der Waals surface area contributed by atoms with Crippen molar-refractivity contribution in [3.8, 4) is 0 Å². The Balaban J connectivity index is 0.00000361. The lowest BCUT2D eigenvalue weighted by atomic mass is 10.1. The van der Waals surface area contributed by atoms with E-state index in [0.717, 1.165) is 31.3 Å². The van der Waals surface area contributed by atoms with Gasteiger partial charge in [-0.1, -0.05) is 13.8 Å². The average molecular weight is 395 g/mol. The molecule has 0 atom stereocenters. The zero-order valence-electron chi connectivity index (χ0n) is 12.5. The summed E-state index contributed by atoms with van der Waals surface area (Å²) in [5.41, 5.74) is 0. The highest BCUT2D eigenvalue weighted by molar-refractivity contribution is 14.0. The van der Waals surface area contributed by atoms with E-state index in [4.69, 9.17) is 9.15 Å². The van der Waals surface area contributed by atoms with Crippen LogP contribution < -0.4 is 10.6 Å². The minimum atomic E-state index is 0. The molecule has 1 rings (SSSR count). The molecule has 0 aromatic carbocycles. The molecule has 1 aromatic heterocycles. The standard InChI is InChI=1S/C14H25N3O2.HI/c1-12(2)6-9-18-10-7-16-14(15-3)17-11-13-5-4-8-19-13;/h4-5,8,12H,6-7,9-11H2,1-3H3,(H2,15,16,17);1H. The minimum absolute atomic E-state index is 0. The summed E-state index contributed by atoms with van der Waals surface area (Å²) < 4.78 is 10.8. The first-order valence-corrected chi connectivity index (χ1v) is 6.77. The summed E-state index contributed by atoms with van der Waals surface area (Å²) in [5, 5.41) is 6.36. The van der Waals surface area contributed by atoms with Gasteiger partial charge >= 0.3 is 0 Å². The van der Waals surface area contributed by atoms with Gasteiger partial charge < -0.3 is 19.8 Å². The van der Waals surface area contributed by atoms with E-state index in [9.17, 15) is 0 Å². The Hall–Kier alpha value is -0.760. The Kier molecular flexibility index (Phi) is 11.6. The van der Waals surface area contributed by atoms with E-state index in [1.54, 1.807) is 13.3 Å². The molecule has 0 aliphatic carbocycles. The van der Waals surface area contributed by atoms with Gasteiger partial charge in [0.2, 0.25) is 0 Å². The summed E-state index contributed by atoms with van der Waals surface area (Å²) >= 11 is 0. The molecule has 0 radical (unpaired) electrons. The lowest BCUT2D eigenvalue weighted by molar-refractivity contribution is 0.128. The summed E-state index contributed by atoms with van der Waals surface area (Å²) in [4.78, 5) is 4.13. The van der Waals surface area contributed by atoms with Gasteiger partial charge in [-0.3, -0.25) is 4.99 Å². The number of rotatable bonds is 8. The maximum Gasteiger partial charge on any atom is 0.191 e. The van der Waals surface area contributed by atoms with Crippen molar-refractivity contribution < 1.29 is 9.15 Å². The molecule has 0 saturated carbocycles. The fraction of sp³-hybridized carbons (Fsp3) is 0.643. The zero-order chi connectivity index (χ0) is 13.9. The van der Waals surface area contributed by atoms with Gasteiger partial charge in [-0.05, 0) is 24.5 Å². The number of furan rings is 1. The van der Waals surface area contributed by atoms with Crippen molar-refractivity contribution in [2.24, 2.45) is 10.9 Å². The summed E-state index contributed by atoms with van der Waals surface area (Å²) in [6.07, 6.45) is 2.77. The lowest BCUT2D eigenvalue weighted by Crippen LogP contribution is -2.38. The first kappa shape index (κ1) is 19.2. The number of aliphatic imine (C=N–C) groups is 1. The average Bonchev–Trinajstić information content (AvgIpc) is 2.90. The number of nitrogens with one attached hydrogen (secondary N) is 2. The van der Waals surface area contributed by atoms with Crippen LogP contribution in [0.2, 0.25) is 0 Å². The molecule has 0 spiro atoms. The second-order valence-corrected chi connectivity index (χ2v) is 4.73. The van der Waals surface area contributed by atoms with Crippen LogP contribution in [0.3, 0.4) is 0 Å². The van der Waals surface area contributed by atoms with Crippen LogP contribution >= 0.6 is 24.0 Å². The van der Waals surface area contributed by atoms with Gasteiger partial charge in [-0.25, -0.2) is 0 Å². The van der Waals surface area contributed by atoms with Crippen LogP contribution in [-0.4, -0.2) is 32.8 Å². The number of halogens is 1. The Morgan fingerprint density at radius 1 is 1.35 bits per heavy atom. The van der Waals surface area contributed by atoms with Crippen LogP contribution in [0.1, 0.15) is 26.0 Å². The molecule has 0 saturated heterocycles. The van der Waals surface area contributed by atoms with Gasteiger partial charge in [0.05, 0.1) is 19.4 Å². The largest absolute Gasteiger partial charge is 0.467 e. The van der Waals surface area contributed by atoms with E-state index in [1.807, 2.05) is 12.1 Å². The van der Waals surface area contributed by atoms with Crippen molar-refractivity contribution in [2.75, 3.05) is 26.8 Å². The molecule has 2 N–H and O–H groups in total. The van der Waals surface area contributed by atoms with E-state index in [1.165, 1.54) is 0 Å². The number of nitrogens with zero attached hydrogens (tertiary/aromatic N) is 1. The summed E-state index contributed by atoms with van der Waals surface area (Å²) in [6.45, 7) is 7.27. The van der Waals surface area contributed by atoms with Crippen molar-refractivity contribution in [3.63, 3.8) is 0 Å². The molecule has 0 amide bonds. The monoisotopic (exact) mass is 395 g/mol. The number of hydrogen-bond donors (Lipinski definition) is 2. The van der Waals surface area contributed by atoms with Crippen molar-refractivity contribution in [3.05, 3.63) is 24.2 Å². The van der Waals surface area contributed by atoms with Crippen molar-refractivity contribution >= 4 is 29.9 Å². The fourth-order valence-electron chi connectivity index (χ4n) is 1.47. The number of ether oxygens (including phenoxy) is 1. The smallest absolute Gasteiger partial charge is 0.191 e. The molecule has 0 fully saturated rings. The molecule has 0 aliphatic heterocycles. The highest BCUT2D eigenvalue weighted by atomic mass is 127. The van der Waals surface area contributed by atoms with Crippen molar-refractivity contribution in [2.45, 2.75) is 26.8 Å². The van der Waals surface area contributed by atoms with E-state index in [-0.39, 0.29) is 24.0 Å². The van der Waals surface area contributed by atoms with Crippen LogP contribution in [0.15, 0.2) is 27.8 Å². The van der Waals surface area contributed by atoms with Gasteiger partial charge in [0.1, 0.15) is 5.76 Å². The second-order valence-electron chi connectivity index (χ2n) is 4.73. The molecule has 0 unspecified atom stereocenters. The normalized spacial score (nSPS) is 11.3. The Bertz CT molecular complexity index is 353. The molecule has 0 aliphatic rings. The molecule has 5 nitrogen and oxygen atoms in total. The molecule has 6 heteroatoms. The van der Waals surface area contributed by atoms with Crippen molar-refractivity contribution in [1.29, 1.82) is 0 Å².